The summed E-state index contributed by atoms with van der Waals surface area (Å²) in [5.74, 6) is -3.15. The Kier molecular flexibility index (Phi) is 6.10. The van der Waals surface area contributed by atoms with Crippen molar-refractivity contribution >= 4 is 46.6 Å². The number of aromatic nitrogens is 1. The zero-order valence-corrected chi connectivity index (χ0v) is 20.5. The molecule has 1 fully saturated rings. The van der Waals surface area contributed by atoms with Crippen LogP contribution < -0.4 is 9.77 Å². The second-order valence-electron chi connectivity index (χ2n) is 8.37. The molecule has 0 bridgehead atoms. The van der Waals surface area contributed by atoms with Crippen molar-refractivity contribution in [1.29, 1.82) is 0 Å². The third kappa shape index (κ3) is 4.00. The number of thiazole rings is 1. The summed E-state index contributed by atoms with van der Waals surface area (Å²) in [4.78, 5) is 53.8. The van der Waals surface area contributed by atoms with Gasteiger partial charge in [0.2, 0.25) is 11.8 Å². The molecule has 2 aliphatic heterocycles. The van der Waals surface area contributed by atoms with Crippen molar-refractivity contribution in [3.05, 3.63) is 80.0 Å². The predicted octanol–water partition coefficient (Wildman–Crippen LogP) is 3.72. The molecule has 0 aliphatic carbocycles. The third-order valence-electron chi connectivity index (χ3n) is 6.16. The number of benzene rings is 2. The zero-order chi connectivity index (χ0) is 24.9. The number of hydrogen-bond acceptors (Lipinski definition) is 7. The number of nitrogens with zero attached hydrogens (tertiary/aromatic N) is 2. The van der Waals surface area contributed by atoms with E-state index in [0.29, 0.717) is 21.2 Å². The van der Waals surface area contributed by atoms with Crippen molar-refractivity contribution in [3.8, 4) is 0 Å². The molecule has 2 amide bonds. The van der Waals surface area contributed by atoms with Crippen molar-refractivity contribution in [2.24, 2.45) is 5.92 Å². The van der Waals surface area contributed by atoms with Crippen LogP contribution in [0.5, 0.6) is 0 Å². The van der Waals surface area contributed by atoms with E-state index in [-0.39, 0.29) is 29.8 Å². The van der Waals surface area contributed by atoms with Crippen LogP contribution in [0.15, 0.2) is 58.4 Å². The summed E-state index contributed by atoms with van der Waals surface area (Å²) in [5, 5.41) is -0.329. The molecular formula is C25H21FN2O5S2. The van der Waals surface area contributed by atoms with E-state index < -0.39 is 28.9 Å². The van der Waals surface area contributed by atoms with Crippen LogP contribution in [-0.2, 0) is 25.7 Å². The highest BCUT2D eigenvalue weighted by atomic mass is 32.2. The fraction of sp³-hybridized carbons (Fsp3) is 0.280. The molecule has 2 aliphatic rings. The van der Waals surface area contributed by atoms with Crippen LogP contribution in [0.2, 0.25) is 0 Å². The summed E-state index contributed by atoms with van der Waals surface area (Å²) < 4.78 is 20.0. The lowest BCUT2D eigenvalue weighted by atomic mass is 9.83. The van der Waals surface area contributed by atoms with E-state index in [1.165, 1.54) is 21.6 Å². The van der Waals surface area contributed by atoms with Gasteiger partial charge in [0.1, 0.15) is 17.6 Å². The number of rotatable bonds is 5. The van der Waals surface area contributed by atoms with Gasteiger partial charge in [-0.25, -0.2) is 9.29 Å². The van der Waals surface area contributed by atoms with Gasteiger partial charge in [0.05, 0.1) is 23.2 Å². The molecule has 180 valence electrons. The summed E-state index contributed by atoms with van der Waals surface area (Å²) in [6.07, 6.45) is 0. The molecule has 3 aromatic rings. The Morgan fingerprint density at radius 2 is 1.71 bits per heavy atom. The average Bonchev–Trinajstić information content (AvgIpc) is 3.27. The maximum Gasteiger partial charge on any atom is 0.326 e. The first-order valence-corrected chi connectivity index (χ1v) is 12.8. The quantitative estimate of drug-likeness (QED) is 0.383. The fourth-order valence-corrected chi connectivity index (χ4v) is 7.34. The van der Waals surface area contributed by atoms with E-state index in [9.17, 15) is 23.6 Å². The van der Waals surface area contributed by atoms with Crippen LogP contribution in [0.1, 0.15) is 28.8 Å². The molecule has 0 N–H and O–H groups in total. The van der Waals surface area contributed by atoms with Gasteiger partial charge in [-0.15, -0.1) is 0 Å². The van der Waals surface area contributed by atoms with Crippen molar-refractivity contribution in [1.82, 2.24) is 4.57 Å². The van der Waals surface area contributed by atoms with E-state index in [4.69, 9.17) is 4.74 Å². The van der Waals surface area contributed by atoms with Crippen LogP contribution in [0, 0.1) is 18.7 Å². The number of esters is 1. The van der Waals surface area contributed by atoms with Crippen LogP contribution in [0.4, 0.5) is 10.1 Å². The minimum Gasteiger partial charge on any atom is -0.465 e. The van der Waals surface area contributed by atoms with Crippen molar-refractivity contribution in [3.63, 3.8) is 0 Å². The lowest BCUT2D eigenvalue weighted by Crippen LogP contribution is -2.32. The highest BCUT2D eigenvalue weighted by Crippen LogP contribution is 2.53. The van der Waals surface area contributed by atoms with Crippen LogP contribution in [-0.4, -0.2) is 34.2 Å². The number of carbonyl (C=O) groups excluding carboxylic acids is 3. The monoisotopic (exact) mass is 512 g/mol. The van der Waals surface area contributed by atoms with Gasteiger partial charge in [-0.3, -0.25) is 23.7 Å². The molecule has 2 aromatic carbocycles. The number of ether oxygens (including phenoxy) is 1. The summed E-state index contributed by atoms with van der Waals surface area (Å²) in [6, 6.07) is 12.9. The Labute approximate surface area is 208 Å². The Morgan fingerprint density at radius 1 is 1.03 bits per heavy atom. The molecule has 10 heteroatoms. The van der Waals surface area contributed by atoms with Crippen LogP contribution in [0.3, 0.4) is 0 Å². The highest BCUT2D eigenvalue weighted by Gasteiger charge is 2.56. The first-order chi connectivity index (χ1) is 16.8. The molecule has 35 heavy (non-hydrogen) atoms. The number of imide groups is 1. The Morgan fingerprint density at radius 3 is 2.37 bits per heavy atom. The van der Waals surface area contributed by atoms with Gasteiger partial charge >= 0.3 is 10.8 Å². The van der Waals surface area contributed by atoms with Crippen molar-refractivity contribution < 1.29 is 23.5 Å². The number of amides is 2. The van der Waals surface area contributed by atoms with Gasteiger partial charge in [-0.05, 0) is 43.7 Å². The van der Waals surface area contributed by atoms with Gasteiger partial charge in [0.25, 0.3) is 0 Å². The molecule has 1 saturated heterocycles. The average molecular weight is 513 g/mol. The van der Waals surface area contributed by atoms with E-state index in [0.717, 1.165) is 28.7 Å². The van der Waals surface area contributed by atoms with Crippen LogP contribution >= 0.6 is 23.1 Å². The standard InChI is InChI=1S/C25H21FN2O5S2/c1-3-33-17(29)12-27-24-21(35-25(27)32)18(14-6-8-15(26)9-7-14)19-20(34-24)23(31)28(22(19)30)16-10-4-13(2)5-11-16/h4-11,18-20H,3,12H2,1-2H3. The maximum absolute atomic E-state index is 13.7. The topological polar surface area (TPSA) is 85.7 Å². The van der Waals surface area contributed by atoms with Gasteiger partial charge in [0, 0.05) is 10.8 Å². The summed E-state index contributed by atoms with van der Waals surface area (Å²) in [6.45, 7) is 3.48. The Hall–Kier alpha value is -3.24. The molecule has 5 rings (SSSR count). The van der Waals surface area contributed by atoms with Crippen molar-refractivity contribution in [2.75, 3.05) is 11.5 Å². The number of aryl methyl sites for hydroxylation is 1. The zero-order valence-electron chi connectivity index (χ0n) is 18.9. The normalized spacial score (nSPS) is 21.1. The minimum absolute atomic E-state index is 0.175. The first-order valence-electron chi connectivity index (χ1n) is 11.1. The summed E-state index contributed by atoms with van der Waals surface area (Å²) in [5.41, 5.74) is 2.10. The molecular weight excluding hydrogens is 491 g/mol. The Balaban J connectivity index is 1.64. The molecule has 0 radical (unpaired) electrons. The lowest BCUT2D eigenvalue weighted by molar-refractivity contribution is -0.144. The highest BCUT2D eigenvalue weighted by molar-refractivity contribution is 8.00. The second kappa shape index (κ2) is 9.09. The molecule has 7 nitrogen and oxygen atoms in total. The van der Waals surface area contributed by atoms with Gasteiger partial charge < -0.3 is 4.74 Å². The van der Waals surface area contributed by atoms with E-state index in [1.807, 2.05) is 19.1 Å². The molecule has 0 spiro atoms. The van der Waals surface area contributed by atoms with Crippen LogP contribution in [0.25, 0.3) is 0 Å². The first kappa shape index (κ1) is 23.5. The number of halogens is 1. The van der Waals surface area contributed by atoms with Gasteiger partial charge in [-0.2, -0.15) is 0 Å². The molecule has 1 aromatic heterocycles. The number of hydrogen-bond donors (Lipinski definition) is 0. The van der Waals surface area contributed by atoms with Gasteiger partial charge in [-0.1, -0.05) is 52.9 Å². The number of thioether (sulfide) groups is 1. The Bertz CT molecular complexity index is 1380. The molecule has 0 saturated carbocycles. The molecule has 3 unspecified atom stereocenters. The predicted molar refractivity (Wildman–Crippen MR) is 130 cm³/mol. The number of anilines is 1. The van der Waals surface area contributed by atoms with Crippen molar-refractivity contribution in [2.45, 2.75) is 36.6 Å². The molecule has 3 atom stereocenters. The largest absolute Gasteiger partial charge is 0.465 e. The third-order valence-corrected chi connectivity index (χ3v) is 8.77. The summed E-state index contributed by atoms with van der Waals surface area (Å²) in [7, 11) is 0. The smallest absolute Gasteiger partial charge is 0.326 e. The van der Waals surface area contributed by atoms with E-state index in [1.54, 1.807) is 31.2 Å². The lowest BCUT2D eigenvalue weighted by Gasteiger charge is -2.30. The number of carbonyl (C=O) groups is 3. The van der Waals surface area contributed by atoms with E-state index in [2.05, 4.69) is 0 Å². The van der Waals surface area contributed by atoms with Gasteiger partial charge in [0.15, 0.2) is 0 Å². The second-order valence-corrected chi connectivity index (χ2v) is 10.5. The SMILES string of the molecule is CCOC(=O)Cn1c2c(sc1=O)C(c1ccc(F)cc1)C1C(=O)N(c3ccc(C)cc3)C(=O)C1S2. The minimum atomic E-state index is -0.797. The maximum atomic E-state index is 13.7. The summed E-state index contributed by atoms with van der Waals surface area (Å²) >= 11 is 2.07. The van der Waals surface area contributed by atoms with E-state index >= 15 is 0 Å². The molecule has 3 heterocycles. The fourth-order valence-electron chi connectivity index (χ4n) is 4.57. The number of fused-ring (bicyclic) bond motifs is 2.